The zero-order valence-corrected chi connectivity index (χ0v) is 25.2. The number of carbonyl (C=O) groups is 1. The Kier molecular flexibility index (Phi) is 13.6. The second kappa shape index (κ2) is 17.2. The number of benzene rings is 2. The van der Waals surface area contributed by atoms with Gasteiger partial charge < -0.3 is 29.0 Å². The lowest BCUT2D eigenvalue weighted by atomic mass is 9.88. The molecule has 1 amide bonds. The molecule has 1 saturated heterocycles. The summed E-state index contributed by atoms with van der Waals surface area (Å²) in [6.07, 6.45) is 6.03. The van der Waals surface area contributed by atoms with Gasteiger partial charge in [0, 0.05) is 25.7 Å². The first kappa shape index (κ1) is 32.6. The van der Waals surface area contributed by atoms with E-state index in [2.05, 4.69) is 65.7 Å². The number of carbonyl (C=O) groups excluding carboxylic acids is 1. The topological polar surface area (TPSA) is 75.3 Å². The predicted molar refractivity (Wildman–Crippen MR) is 160 cm³/mol. The van der Waals surface area contributed by atoms with Gasteiger partial charge in [0.1, 0.15) is 12.4 Å². The summed E-state index contributed by atoms with van der Waals surface area (Å²) in [5.74, 6) is 6.55. The van der Waals surface area contributed by atoms with Crippen LogP contribution in [0.4, 0.5) is 4.79 Å². The quantitative estimate of drug-likeness (QED) is 0.162. The third kappa shape index (κ3) is 13.1. The van der Waals surface area contributed by atoms with Gasteiger partial charge in [0.2, 0.25) is 0 Å². The number of methoxy groups -OCH3 is 1. The minimum Gasteiger partial charge on any atom is -0.444 e. The molecule has 224 valence electrons. The van der Waals surface area contributed by atoms with Crippen LogP contribution in [-0.2, 0) is 36.5 Å². The van der Waals surface area contributed by atoms with Gasteiger partial charge in [-0.05, 0) is 89.0 Å². The first-order chi connectivity index (χ1) is 19.8. The highest BCUT2D eigenvalue weighted by atomic mass is 16.7. The largest absolute Gasteiger partial charge is 0.444 e. The van der Waals surface area contributed by atoms with Gasteiger partial charge >= 0.3 is 6.09 Å². The molecule has 41 heavy (non-hydrogen) atoms. The molecule has 0 bridgehead atoms. The Bertz CT molecular complexity index is 1080. The number of hydrogen-bond acceptors (Lipinski definition) is 6. The van der Waals surface area contributed by atoms with Crippen LogP contribution >= 0.6 is 0 Å². The summed E-state index contributed by atoms with van der Waals surface area (Å²) >= 11 is 0. The van der Waals surface area contributed by atoms with Gasteiger partial charge in [-0.1, -0.05) is 54.3 Å². The summed E-state index contributed by atoms with van der Waals surface area (Å²) in [5.41, 5.74) is 2.11. The van der Waals surface area contributed by atoms with Crippen molar-refractivity contribution in [2.24, 2.45) is 0 Å². The van der Waals surface area contributed by atoms with Crippen molar-refractivity contribution in [1.29, 1.82) is 0 Å². The molecule has 2 atom stereocenters. The second-order valence-corrected chi connectivity index (χ2v) is 11.6. The van der Waals surface area contributed by atoms with Crippen molar-refractivity contribution in [2.45, 2.75) is 89.6 Å². The predicted octanol–water partition coefficient (Wildman–Crippen LogP) is 6.42. The Morgan fingerprint density at radius 1 is 1.00 bits per heavy atom. The standard InChI is InChI=1S/C34H47NO6/c1-33(2,3)41-32(36)35-34(26-38-27-37-4,23-25-40-31-16-10-11-24-39-31)22-21-30-19-17-29(18-20-30)15-9-8-14-28-12-6-5-7-13-28/h5-7,12-13,17-20,31H,8,10-11,14,16,21-27H2,1-4H3,(H,35,36). The first-order valence-electron chi connectivity index (χ1n) is 14.7. The molecule has 0 spiro atoms. The van der Waals surface area contributed by atoms with Crippen molar-refractivity contribution < 1.29 is 28.5 Å². The maximum Gasteiger partial charge on any atom is 0.408 e. The molecule has 2 aromatic carbocycles. The average Bonchev–Trinajstić information content (AvgIpc) is 2.95. The van der Waals surface area contributed by atoms with E-state index in [-0.39, 0.29) is 19.7 Å². The monoisotopic (exact) mass is 565 g/mol. The summed E-state index contributed by atoms with van der Waals surface area (Å²) in [4.78, 5) is 12.9. The number of ether oxygens (including phenoxy) is 5. The van der Waals surface area contributed by atoms with Crippen molar-refractivity contribution in [3.05, 3.63) is 71.3 Å². The van der Waals surface area contributed by atoms with Crippen LogP contribution in [0.3, 0.4) is 0 Å². The van der Waals surface area contributed by atoms with Gasteiger partial charge in [0.25, 0.3) is 0 Å². The summed E-state index contributed by atoms with van der Waals surface area (Å²) in [7, 11) is 1.58. The van der Waals surface area contributed by atoms with Crippen molar-refractivity contribution in [2.75, 3.05) is 33.7 Å². The minimum atomic E-state index is -0.717. The Morgan fingerprint density at radius 2 is 1.76 bits per heavy atom. The number of aryl methyl sites for hydroxylation is 2. The fourth-order valence-electron chi connectivity index (χ4n) is 4.65. The maximum absolute atomic E-state index is 12.9. The number of amides is 1. The number of hydrogen-bond donors (Lipinski definition) is 1. The molecule has 1 aliphatic rings. The minimum absolute atomic E-state index is 0.127. The van der Waals surface area contributed by atoms with Crippen LogP contribution in [0, 0.1) is 11.8 Å². The average molecular weight is 566 g/mol. The Labute approximate surface area is 246 Å². The lowest BCUT2D eigenvalue weighted by Crippen LogP contribution is -2.54. The van der Waals surface area contributed by atoms with Crippen LogP contribution in [0.15, 0.2) is 54.6 Å². The van der Waals surface area contributed by atoms with Gasteiger partial charge in [0.15, 0.2) is 6.29 Å². The van der Waals surface area contributed by atoms with Gasteiger partial charge in [-0.25, -0.2) is 4.79 Å². The van der Waals surface area contributed by atoms with E-state index in [0.29, 0.717) is 19.4 Å². The van der Waals surface area contributed by atoms with E-state index in [4.69, 9.17) is 23.7 Å². The summed E-state index contributed by atoms with van der Waals surface area (Å²) in [6.45, 7) is 7.09. The van der Waals surface area contributed by atoms with Crippen LogP contribution in [0.2, 0.25) is 0 Å². The lowest BCUT2D eigenvalue weighted by Gasteiger charge is -2.36. The normalized spacial score (nSPS) is 16.7. The molecule has 0 radical (unpaired) electrons. The van der Waals surface area contributed by atoms with Gasteiger partial charge in [-0.15, -0.1) is 0 Å². The van der Waals surface area contributed by atoms with E-state index in [1.807, 2.05) is 26.8 Å². The summed E-state index contributed by atoms with van der Waals surface area (Å²) < 4.78 is 28.4. The molecule has 0 aromatic heterocycles. The van der Waals surface area contributed by atoms with E-state index in [1.54, 1.807) is 7.11 Å². The van der Waals surface area contributed by atoms with Crippen LogP contribution in [0.25, 0.3) is 0 Å². The highest BCUT2D eigenvalue weighted by Crippen LogP contribution is 2.23. The third-order valence-corrected chi connectivity index (χ3v) is 6.83. The molecular formula is C34H47NO6. The second-order valence-electron chi connectivity index (χ2n) is 11.6. The summed E-state index contributed by atoms with van der Waals surface area (Å²) in [6, 6.07) is 18.7. The zero-order chi connectivity index (χ0) is 29.4. The Hall–Kier alpha value is -2.89. The molecule has 1 fully saturated rings. The Morgan fingerprint density at radius 3 is 2.44 bits per heavy atom. The lowest BCUT2D eigenvalue weighted by molar-refractivity contribution is -0.166. The van der Waals surface area contributed by atoms with Gasteiger partial charge in [-0.3, -0.25) is 0 Å². The molecule has 3 rings (SSSR count). The van der Waals surface area contributed by atoms with Crippen molar-refractivity contribution in [3.8, 4) is 11.8 Å². The molecule has 0 saturated carbocycles. The fourth-order valence-corrected chi connectivity index (χ4v) is 4.65. The van der Waals surface area contributed by atoms with E-state index >= 15 is 0 Å². The van der Waals surface area contributed by atoms with E-state index in [1.165, 1.54) is 5.56 Å². The molecule has 2 unspecified atom stereocenters. The van der Waals surface area contributed by atoms with Crippen molar-refractivity contribution in [3.63, 3.8) is 0 Å². The summed E-state index contributed by atoms with van der Waals surface area (Å²) in [5, 5.41) is 3.13. The third-order valence-electron chi connectivity index (χ3n) is 6.83. The molecule has 7 nitrogen and oxygen atoms in total. The van der Waals surface area contributed by atoms with Crippen LogP contribution in [0.1, 0.15) is 76.0 Å². The van der Waals surface area contributed by atoms with Crippen LogP contribution in [-0.4, -0.2) is 57.2 Å². The SMILES string of the molecule is COCOCC(CCOC1CCCCO1)(CCc1ccc(C#CCCc2ccccc2)cc1)NC(=O)OC(C)(C)C. The van der Waals surface area contributed by atoms with Gasteiger partial charge in [-0.2, -0.15) is 0 Å². The van der Waals surface area contributed by atoms with Crippen molar-refractivity contribution in [1.82, 2.24) is 5.32 Å². The molecule has 1 heterocycles. The number of rotatable bonds is 14. The number of alkyl carbamates (subject to hydrolysis) is 1. The number of nitrogens with one attached hydrogen (secondary N) is 1. The van der Waals surface area contributed by atoms with E-state index < -0.39 is 17.2 Å². The zero-order valence-electron chi connectivity index (χ0n) is 25.2. The van der Waals surface area contributed by atoms with Crippen molar-refractivity contribution >= 4 is 6.09 Å². The van der Waals surface area contributed by atoms with Crippen LogP contribution < -0.4 is 5.32 Å². The smallest absolute Gasteiger partial charge is 0.408 e. The molecule has 0 aliphatic carbocycles. The molecule has 1 N–H and O–H groups in total. The highest BCUT2D eigenvalue weighted by molar-refractivity contribution is 5.68. The molecule has 1 aliphatic heterocycles. The first-order valence-corrected chi connectivity index (χ1v) is 14.7. The fraction of sp³-hybridized carbons (Fsp3) is 0.559. The van der Waals surface area contributed by atoms with E-state index in [0.717, 1.165) is 56.3 Å². The molecule has 2 aromatic rings. The molecular weight excluding hydrogens is 518 g/mol. The highest BCUT2D eigenvalue weighted by Gasteiger charge is 2.34. The van der Waals surface area contributed by atoms with E-state index in [9.17, 15) is 4.79 Å². The molecule has 7 heteroatoms. The Balaban J connectivity index is 1.65. The van der Waals surface area contributed by atoms with Crippen LogP contribution in [0.5, 0.6) is 0 Å². The van der Waals surface area contributed by atoms with Gasteiger partial charge in [0.05, 0.1) is 18.8 Å². The maximum atomic E-state index is 12.9.